The number of aromatic hydroxyl groups is 1. The summed E-state index contributed by atoms with van der Waals surface area (Å²) < 4.78 is 9.84. The number of phenols is 1. The van der Waals surface area contributed by atoms with Gasteiger partial charge in [0.05, 0.1) is 13.2 Å². The van der Waals surface area contributed by atoms with E-state index in [9.17, 15) is 20.0 Å². The number of phenolic OH excluding ortho intramolecular Hbond substituents is 1. The van der Waals surface area contributed by atoms with E-state index in [1.165, 1.54) is 25.3 Å². The molecule has 1 amide bonds. The highest BCUT2D eigenvalue weighted by atomic mass is 16.5. The maximum absolute atomic E-state index is 11.8. The van der Waals surface area contributed by atoms with E-state index in [1.807, 2.05) is 0 Å². The molecule has 0 bridgehead atoms. The Hall–Kier alpha value is -3.01. The van der Waals surface area contributed by atoms with Gasteiger partial charge in [-0.3, -0.25) is 4.79 Å². The second-order valence-corrected chi connectivity index (χ2v) is 6.01. The van der Waals surface area contributed by atoms with E-state index in [1.54, 1.807) is 19.1 Å². The SMILES string of the molecule is COc1cc(/C=C/C(=O)OCC(=O)N[C@](C)(C#N)C2CC2)ccc1O. The van der Waals surface area contributed by atoms with E-state index in [4.69, 9.17) is 9.47 Å². The fourth-order valence-corrected chi connectivity index (χ4v) is 2.35. The number of hydrogen-bond donors (Lipinski definition) is 2. The number of carbonyl (C=O) groups excluding carboxylic acids is 2. The first-order chi connectivity index (χ1) is 11.9. The first-order valence-corrected chi connectivity index (χ1v) is 7.82. The third kappa shape index (κ3) is 4.98. The van der Waals surface area contributed by atoms with Gasteiger partial charge in [-0.05, 0) is 49.5 Å². The second-order valence-electron chi connectivity index (χ2n) is 6.01. The van der Waals surface area contributed by atoms with E-state index >= 15 is 0 Å². The monoisotopic (exact) mass is 344 g/mol. The smallest absolute Gasteiger partial charge is 0.331 e. The van der Waals surface area contributed by atoms with Crippen LogP contribution in [0.5, 0.6) is 11.5 Å². The zero-order chi connectivity index (χ0) is 18.4. The largest absolute Gasteiger partial charge is 0.504 e. The van der Waals surface area contributed by atoms with Crippen molar-refractivity contribution in [2.75, 3.05) is 13.7 Å². The van der Waals surface area contributed by atoms with E-state index < -0.39 is 24.0 Å². The van der Waals surface area contributed by atoms with Crippen molar-refractivity contribution in [3.8, 4) is 17.6 Å². The van der Waals surface area contributed by atoms with Crippen molar-refractivity contribution in [1.29, 1.82) is 5.26 Å². The molecule has 1 saturated carbocycles. The number of rotatable bonds is 7. The van der Waals surface area contributed by atoms with Gasteiger partial charge in [0, 0.05) is 6.08 Å². The molecule has 1 fully saturated rings. The van der Waals surface area contributed by atoms with E-state index in [2.05, 4.69) is 11.4 Å². The van der Waals surface area contributed by atoms with Gasteiger partial charge < -0.3 is 19.9 Å². The van der Waals surface area contributed by atoms with E-state index in [0.717, 1.165) is 12.8 Å². The predicted octanol–water partition coefficient (Wildman–Crippen LogP) is 1.77. The van der Waals surface area contributed by atoms with Gasteiger partial charge in [0.25, 0.3) is 5.91 Å². The molecule has 2 N–H and O–H groups in total. The molecule has 1 atom stereocenters. The molecule has 0 spiro atoms. The van der Waals surface area contributed by atoms with Crippen molar-refractivity contribution in [3.63, 3.8) is 0 Å². The summed E-state index contributed by atoms with van der Waals surface area (Å²) in [6, 6.07) is 6.70. The van der Waals surface area contributed by atoms with Crippen LogP contribution in [0, 0.1) is 17.2 Å². The molecule has 25 heavy (non-hydrogen) atoms. The summed E-state index contributed by atoms with van der Waals surface area (Å²) >= 11 is 0. The van der Waals surface area contributed by atoms with Crippen molar-refractivity contribution >= 4 is 18.0 Å². The average Bonchev–Trinajstić information content (AvgIpc) is 3.44. The minimum absolute atomic E-state index is 0.00454. The Kier molecular flexibility index (Phi) is 5.65. The number of ether oxygens (including phenoxy) is 2. The van der Waals surface area contributed by atoms with Crippen LogP contribution in [0.25, 0.3) is 6.08 Å². The number of methoxy groups -OCH3 is 1. The second kappa shape index (κ2) is 7.71. The van der Waals surface area contributed by atoms with Crippen molar-refractivity contribution in [2.24, 2.45) is 5.92 Å². The Labute approximate surface area is 145 Å². The van der Waals surface area contributed by atoms with Gasteiger partial charge in [-0.25, -0.2) is 4.79 Å². The summed E-state index contributed by atoms with van der Waals surface area (Å²) in [7, 11) is 1.42. The molecule has 1 aliphatic carbocycles. The topological polar surface area (TPSA) is 109 Å². The molecule has 1 aromatic rings. The zero-order valence-electron chi connectivity index (χ0n) is 14.1. The van der Waals surface area contributed by atoms with Crippen LogP contribution < -0.4 is 10.1 Å². The lowest BCUT2D eigenvalue weighted by Gasteiger charge is -2.22. The Morgan fingerprint density at radius 3 is 2.80 bits per heavy atom. The van der Waals surface area contributed by atoms with Crippen molar-refractivity contribution in [3.05, 3.63) is 29.8 Å². The third-order valence-electron chi connectivity index (χ3n) is 3.99. The molecule has 1 aliphatic rings. The zero-order valence-corrected chi connectivity index (χ0v) is 14.1. The van der Waals surface area contributed by atoms with Crippen LogP contribution in [0.15, 0.2) is 24.3 Å². The molecule has 0 radical (unpaired) electrons. The number of carbonyl (C=O) groups is 2. The summed E-state index contributed by atoms with van der Waals surface area (Å²) in [5, 5.41) is 21.3. The Balaban J connectivity index is 1.84. The highest BCUT2D eigenvalue weighted by Crippen LogP contribution is 2.39. The molecular weight excluding hydrogens is 324 g/mol. The quantitative estimate of drug-likeness (QED) is 0.576. The molecule has 7 nitrogen and oxygen atoms in total. The van der Waals surface area contributed by atoms with Crippen LogP contribution >= 0.6 is 0 Å². The third-order valence-corrected chi connectivity index (χ3v) is 3.99. The number of esters is 1. The molecular formula is C18H20N2O5. The highest BCUT2D eigenvalue weighted by Gasteiger charge is 2.43. The summed E-state index contributed by atoms with van der Waals surface area (Å²) in [6.07, 6.45) is 4.46. The molecule has 7 heteroatoms. The summed E-state index contributed by atoms with van der Waals surface area (Å²) in [6.45, 7) is 1.22. The number of nitrogens with one attached hydrogen (secondary N) is 1. The van der Waals surface area contributed by atoms with Crippen LogP contribution in [-0.2, 0) is 14.3 Å². The van der Waals surface area contributed by atoms with E-state index in [0.29, 0.717) is 5.56 Å². The first-order valence-electron chi connectivity index (χ1n) is 7.82. The summed E-state index contributed by atoms with van der Waals surface area (Å²) in [5.41, 5.74) is -0.288. The van der Waals surface area contributed by atoms with Crippen LogP contribution in [0.3, 0.4) is 0 Å². The normalized spacial score (nSPS) is 15.9. The lowest BCUT2D eigenvalue weighted by molar-refractivity contribution is -0.144. The minimum atomic E-state index is -0.915. The average molecular weight is 344 g/mol. The van der Waals surface area contributed by atoms with Crippen molar-refractivity contribution in [2.45, 2.75) is 25.3 Å². The number of hydrogen-bond acceptors (Lipinski definition) is 6. The molecule has 0 aromatic heterocycles. The van der Waals surface area contributed by atoms with Gasteiger partial charge in [-0.2, -0.15) is 5.26 Å². The molecule has 0 unspecified atom stereocenters. The van der Waals surface area contributed by atoms with Crippen LogP contribution in [-0.4, -0.2) is 36.2 Å². The van der Waals surface area contributed by atoms with Crippen molar-refractivity contribution in [1.82, 2.24) is 5.32 Å². The minimum Gasteiger partial charge on any atom is -0.504 e. The Morgan fingerprint density at radius 1 is 1.48 bits per heavy atom. The maximum Gasteiger partial charge on any atom is 0.331 e. The van der Waals surface area contributed by atoms with Crippen LogP contribution in [0.4, 0.5) is 0 Å². The van der Waals surface area contributed by atoms with Crippen LogP contribution in [0.2, 0.25) is 0 Å². The van der Waals surface area contributed by atoms with Crippen molar-refractivity contribution < 1.29 is 24.2 Å². The lowest BCUT2D eigenvalue weighted by atomic mass is 9.98. The number of amides is 1. The van der Waals surface area contributed by atoms with Gasteiger partial charge in [0.1, 0.15) is 5.54 Å². The molecule has 0 saturated heterocycles. The maximum atomic E-state index is 11.8. The van der Waals surface area contributed by atoms with Gasteiger partial charge >= 0.3 is 5.97 Å². The Bertz CT molecular complexity index is 733. The molecule has 2 rings (SSSR count). The number of nitriles is 1. The highest BCUT2D eigenvalue weighted by molar-refractivity contribution is 5.89. The molecule has 0 aliphatic heterocycles. The van der Waals surface area contributed by atoms with Gasteiger partial charge in [-0.1, -0.05) is 6.07 Å². The van der Waals surface area contributed by atoms with Crippen LogP contribution in [0.1, 0.15) is 25.3 Å². The molecule has 0 heterocycles. The summed E-state index contributed by atoms with van der Waals surface area (Å²) in [5.74, 6) is -0.765. The molecule has 1 aromatic carbocycles. The fourth-order valence-electron chi connectivity index (χ4n) is 2.35. The number of nitrogens with zero attached hydrogens (tertiary/aromatic N) is 1. The lowest BCUT2D eigenvalue weighted by Crippen LogP contribution is -2.48. The van der Waals surface area contributed by atoms with Gasteiger partial charge in [0.2, 0.25) is 0 Å². The van der Waals surface area contributed by atoms with E-state index in [-0.39, 0.29) is 17.4 Å². The number of benzene rings is 1. The van der Waals surface area contributed by atoms with Gasteiger partial charge in [0.15, 0.2) is 18.1 Å². The first kappa shape index (κ1) is 18.3. The summed E-state index contributed by atoms with van der Waals surface area (Å²) in [4.78, 5) is 23.5. The van der Waals surface area contributed by atoms with Gasteiger partial charge in [-0.15, -0.1) is 0 Å². The predicted molar refractivity (Wildman–Crippen MR) is 89.5 cm³/mol. The Morgan fingerprint density at radius 2 is 2.20 bits per heavy atom. The standard InChI is InChI=1S/C18H20N2O5/c1-18(11-19,13-5-6-13)20-16(22)10-25-17(23)8-4-12-3-7-14(21)15(9-12)24-2/h3-4,7-9,13,21H,5-6,10H2,1-2H3,(H,20,22)/b8-4+/t18-/m1/s1. The molecule has 132 valence electrons. The fraction of sp³-hybridized carbons (Fsp3) is 0.389.